The highest BCUT2D eigenvalue weighted by molar-refractivity contribution is 7.92. The molecule has 2 aromatic carbocycles. The number of hydrogen-bond acceptors (Lipinski definition) is 3. The Bertz CT molecular complexity index is 959. The van der Waals surface area contributed by atoms with Gasteiger partial charge in [0, 0.05) is 5.02 Å². The summed E-state index contributed by atoms with van der Waals surface area (Å²) in [4.78, 5) is 13.2. The summed E-state index contributed by atoms with van der Waals surface area (Å²) in [6.07, 6.45) is 2.15. The molecule has 2 rings (SSSR count). The highest BCUT2D eigenvalue weighted by Gasteiger charge is 2.32. The second-order valence-electron chi connectivity index (χ2n) is 7.29. The minimum absolute atomic E-state index is 0.191. The van der Waals surface area contributed by atoms with Gasteiger partial charge in [-0.3, -0.25) is 9.10 Å². The predicted octanol–water partition coefficient (Wildman–Crippen LogP) is 4.77. The number of aryl methyl sites for hydroxylation is 2. The Morgan fingerprint density at radius 1 is 1.07 bits per heavy atom. The predicted molar refractivity (Wildman–Crippen MR) is 120 cm³/mol. The van der Waals surface area contributed by atoms with Crippen LogP contribution in [-0.4, -0.2) is 26.6 Å². The van der Waals surface area contributed by atoms with Gasteiger partial charge in [0.05, 0.1) is 18.0 Å². The number of carbonyl (C=O) groups is 1. The second kappa shape index (κ2) is 9.63. The molecule has 1 N–H and O–H groups in total. The van der Waals surface area contributed by atoms with Crippen LogP contribution in [0.1, 0.15) is 49.4 Å². The molecule has 0 aliphatic rings. The van der Waals surface area contributed by atoms with E-state index in [9.17, 15) is 13.2 Å². The van der Waals surface area contributed by atoms with Crippen molar-refractivity contribution in [3.8, 4) is 0 Å². The Labute approximate surface area is 179 Å². The van der Waals surface area contributed by atoms with E-state index in [0.717, 1.165) is 22.9 Å². The molecule has 0 aromatic heterocycles. The maximum absolute atomic E-state index is 13.2. The van der Waals surface area contributed by atoms with E-state index in [1.807, 2.05) is 32.9 Å². The molecule has 0 fully saturated rings. The summed E-state index contributed by atoms with van der Waals surface area (Å²) in [6.45, 7) is 7.85. The minimum Gasteiger partial charge on any atom is -0.347 e. The van der Waals surface area contributed by atoms with Gasteiger partial charge in [-0.2, -0.15) is 0 Å². The van der Waals surface area contributed by atoms with Crippen molar-refractivity contribution in [2.24, 2.45) is 0 Å². The van der Waals surface area contributed by atoms with E-state index in [4.69, 9.17) is 11.6 Å². The highest BCUT2D eigenvalue weighted by Crippen LogP contribution is 2.26. The largest absolute Gasteiger partial charge is 0.347 e. The first-order valence-corrected chi connectivity index (χ1v) is 11.9. The van der Waals surface area contributed by atoms with Crippen molar-refractivity contribution >= 4 is 33.2 Å². The normalized spacial score (nSPS) is 13.6. The first-order valence-electron chi connectivity index (χ1n) is 9.71. The van der Waals surface area contributed by atoms with Crippen LogP contribution in [0.2, 0.25) is 5.02 Å². The molecule has 0 bridgehead atoms. The van der Waals surface area contributed by atoms with E-state index in [2.05, 4.69) is 11.4 Å². The van der Waals surface area contributed by atoms with Crippen LogP contribution in [0.4, 0.5) is 5.69 Å². The molecule has 0 saturated heterocycles. The average Bonchev–Trinajstić information content (AvgIpc) is 2.64. The summed E-state index contributed by atoms with van der Waals surface area (Å²) in [5, 5.41) is 3.56. The van der Waals surface area contributed by atoms with Gasteiger partial charge in [-0.1, -0.05) is 49.2 Å². The van der Waals surface area contributed by atoms with Gasteiger partial charge < -0.3 is 5.32 Å². The highest BCUT2D eigenvalue weighted by atomic mass is 35.5. The van der Waals surface area contributed by atoms with Crippen LogP contribution in [0.3, 0.4) is 0 Å². The number of rotatable bonds is 8. The van der Waals surface area contributed by atoms with Crippen LogP contribution in [0.15, 0.2) is 42.5 Å². The van der Waals surface area contributed by atoms with Gasteiger partial charge in [0.2, 0.25) is 15.9 Å². The summed E-state index contributed by atoms with van der Waals surface area (Å²) >= 11 is 5.94. The molecule has 1 amide bonds. The summed E-state index contributed by atoms with van der Waals surface area (Å²) in [7, 11) is -3.68. The SMILES string of the molecule is CC[C@H](NC(=O)[C@@H](CC)N(c1ccc(Cl)cc1)S(C)(=O)=O)c1ccc(C)cc1C. The number of hydrogen-bond donors (Lipinski definition) is 1. The molecule has 0 heterocycles. The van der Waals surface area contributed by atoms with Gasteiger partial charge in [-0.25, -0.2) is 8.42 Å². The first-order chi connectivity index (χ1) is 13.6. The molecule has 0 aliphatic carbocycles. The van der Waals surface area contributed by atoms with E-state index >= 15 is 0 Å². The van der Waals surface area contributed by atoms with Crippen molar-refractivity contribution in [3.63, 3.8) is 0 Å². The zero-order valence-corrected chi connectivity index (χ0v) is 19.1. The lowest BCUT2D eigenvalue weighted by atomic mass is 9.97. The van der Waals surface area contributed by atoms with Crippen molar-refractivity contribution < 1.29 is 13.2 Å². The molecule has 5 nitrogen and oxygen atoms in total. The fourth-order valence-electron chi connectivity index (χ4n) is 3.53. The van der Waals surface area contributed by atoms with Crippen molar-refractivity contribution in [3.05, 3.63) is 64.2 Å². The Morgan fingerprint density at radius 3 is 2.17 bits per heavy atom. The van der Waals surface area contributed by atoms with Crippen LogP contribution < -0.4 is 9.62 Å². The van der Waals surface area contributed by atoms with Gasteiger partial charge >= 0.3 is 0 Å². The van der Waals surface area contributed by atoms with Gasteiger partial charge in [0.25, 0.3) is 0 Å². The third-order valence-electron chi connectivity index (χ3n) is 4.94. The zero-order chi connectivity index (χ0) is 21.8. The molecule has 2 atom stereocenters. The molecule has 0 aliphatic heterocycles. The van der Waals surface area contributed by atoms with Crippen LogP contribution >= 0.6 is 11.6 Å². The lowest BCUT2D eigenvalue weighted by molar-refractivity contribution is -0.123. The van der Waals surface area contributed by atoms with Crippen LogP contribution in [0.5, 0.6) is 0 Å². The quantitative estimate of drug-likeness (QED) is 0.648. The molecule has 0 unspecified atom stereocenters. The molecule has 2 aromatic rings. The Hall–Kier alpha value is -2.05. The maximum atomic E-state index is 13.2. The lowest BCUT2D eigenvalue weighted by Crippen LogP contribution is -2.50. The van der Waals surface area contributed by atoms with Gasteiger partial charge in [0.15, 0.2) is 0 Å². The number of carbonyl (C=O) groups excluding carboxylic acids is 1. The Morgan fingerprint density at radius 2 is 1.69 bits per heavy atom. The number of nitrogens with one attached hydrogen (secondary N) is 1. The fourth-order valence-corrected chi connectivity index (χ4v) is 4.87. The smallest absolute Gasteiger partial charge is 0.244 e. The average molecular weight is 437 g/mol. The van der Waals surface area contributed by atoms with Crippen molar-refractivity contribution in [2.75, 3.05) is 10.6 Å². The van der Waals surface area contributed by atoms with Gasteiger partial charge in [-0.05, 0) is 62.1 Å². The molecular formula is C22H29ClN2O3S. The topological polar surface area (TPSA) is 66.5 Å². The number of halogens is 1. The van der Waals surface area contributed by atoms with Crippen LogP contribution in [0.25, 0.3) is 0 Å². The molecule has 0 radical (unpaired) electrons. The van der Waals surface area contributed by atoms with E-state index in [1.165, 1.54) is 4.31 Å². The Kier molecular flexibility index (Phi) is 7.72. The Balaban J connectivity index is 2.36. The lowest BCUT2D eigenvalue weighted by Gasteiger charge is -2.31. The van der Waals surface area contributed by atoms with Crippen molar-refractivity contribution in [1.29, 1.82) is 0 Å². The van der Waals surface area contributed by atoms with E-state index in [1.54, 1.807) is 31.2 Å². The molecule has 0 spiro atoms. The van der Waals surface area contributed by atoms with E-state index in [-0.39, 0.29) is 11.9 Å². The third kappa shape index (κ3) is 5.73. The van der Waals surface area contributed by atoms with Gasteiger partial charge in [0.1, 0.15) is 6.04 Å². The summed E-state index contributed by atoms with van der Waals surface area (Å²) in [5.74, 6) is -0.320. The van der Waals surface area contributed by atoms with Crippen LogP contribution in [-0.2, 0) is 14.8 Å². The van der Waals surface area contributed by atoms with Crippen LogP contribution in [0, 0.1) is 13.8 Å². The second-order valence-corrected chi connectivity index (χ2v) is 9.58. The molecular weight excluding hydrogens is 408 g/mol. The minimum atomic E-state index is -3.68. The summed E-state index contributed by atoms with van der Waals surface area (Å²) in [6, 6.07) is 11.5. The van der Waals surface area contributed by atoms with E-state index < -0.39 is 16.1 Å². The number of anilines is 1. The summed E-state index contributed by atoms with van der Waals surface area (Å²) in [5.41, 5.74) is 3.71. The molecule has 158 valence electrons. The van der Waals surface area contributed by atoms with Crippen molar-refractivity contribution in [2.45, 2.75) is 52.6 Å². The molecule has 29 heavy (non-hydrogen) atoms. The standard InChI is InChI=1S/C22H29ClN2O3S/c1-6-20(19-13-8-15(3)14-16(19)4)24-22(26)21(7-2)25(29(5,27)28)18-11-9-17(23)10-12-18/h8-14,20-21H,6-7H2,1-5H3,(H,24,26)/t20-,21+/m0/s1. The summed E-state index contributed by atoms with van der Waals surface area (Å²) < 4.78 is 26.3. The number of amides is 1. The maximum Gasteiger partial charge on any atom is 0.244 e. The molecule has 0 saturated carbocycles. The zero-order valence-electron chi connectivity index (χ0n) is 17.6. The number of nitrogens with zero attached hydrogens (tertiary/aromatic N) is 1. The monoisotopic (exact) mass is 436 g/mol. The first kappa shape index (κ1) is 23.2. The molecule has 7 heteroatoms. The van der Waals surface area contributed by atoms with Gasteiger partial charge in [-0.15, -0.1) is 0 Å². The van der Waals surface area contributed by atoms with E-state index in [0.29, 0.717) is 23.6 Å². The number of benzene rings is 2. The fraction of sp³-hybridized carbons (Fsp3) is 0.409. The number of sulfonamides is 1. The third-order valence-corrected chi connectivity index (χ3v) is 6.37. The van der Waals surface area contributed by atoms with Crippen molar-refractivity contribution in [1.82, 2.24) is 5.32 Å².